The first-order chi connectivity index (χ1) is 16.7. The molecule has 180 valence electrons. The number of carbonyl (C=O) groups is 2. The SMILES string of the molecule is CC(=O)CCCN(CCn1c2nc(=O)[nH]c(=O)c-2nc2cc(C)c(C)cc21)C(=O)c1ccccc1. The third-order valence-corrected chi connectivity index (χ3v) is 6.08. The van der Waals surface area contributed by atoms with Gasteiger partial charge in [-0.1, -0.05) is 18.2 Å². The normalized spacial score (nSPS) is 11.2. The van der Waals surface area contributed by atoms with Gasteiger partial charge in [0.2, 0.25) is 0 Å². The van der Waals surface area contributed by atoms with E-state index in [0.717, 1.165) is 11.1 Å². The number of nitrogens with one attached hydrogen (secondary N) is 1. The molecule has 0 spiro atoms. The van der Waals surface area contributed by atoms with Gasteiger partial charge in [-0.05, 0) is 62.6 Å². The summed E-state index contributed by atoms with van der Waals surface area (Å²) in [6.45, 7) is 6.44. The number of nitrogens with zero attached hydrogens (tertiary/aromatic N) is 4. The summed E-state index contributed by atoms with van der Waals surface area (Å²) in [6, 6.07) is 12.8. The molecule has 0 atom stereocenters. The molecule has 0 aromatic heterocycles. The summed E-state index contributed by atoms with van der Waals surface area (Å²) >= 11 is 0. The number of aryl methyl sites for hydroxylation is 2. The quantitative estimate of drug-likeness (QED) is 0.393. The maximum absolute atomic E-state index is 13.3. The molecule has 1 amide bonds. The second-order valence-electron chi connectivity index (χ2n) is 8.70. The molecule has 1 N–H and O–H groups in total. The zero-order valence-electron chi connectivity index (χ0n) is 20.0. The van der Waals surface area contributed by atoms with E-state index in [0.29, 0.717) is 42.5 Å². The summed E-state index contributed by atoms with van der Waals surface area (Å²) in [6.07, 6.45) is 0.916. The third kappa shape index (κ3) is 5.18. The minimum atomic E-state index is -0.750. The number of H-pyrrole nitrogens is 1. The Hall–Kier alpha value is -4.14. The monoisotopic (exact) mass is 473 g/mol. The molecule has 0 saturated carbocycles. The summed E-state index contributed by atoms with van der Waals surface area (Å²) in [5.74, 6) is 0.0833. The maximum atomic E-state index is 13.3. The standard InChI is InChI=1S/C26H27N5O4/c1-16-14-20-21(15-17(16)2)31(23-22(27-20)24(33)29-26(35)28-23)13-12-30(11-7-8-18(3)32)25(34)19-9-5-4-6-10-19/h4-6,9-10,14-15H,7-8,11-13H2,1-3H3,(H,29,33,35). The number of fused-ring (bicyclic) bond motifs is 2. The van der Waals surface area contributed by atoms with Crippen molar-refractivity contribution in [2.45, 2.75) is 40.2 Å². The van der Waals surface area contributed by atoms with Gasteiger partial charge in [-0.3, -0.25) is 14.6 Å². The molecule has 0 aliphatic carbocycles. The van der Waals surface area contributed by atoms with E-state index in [1.165, 1.54) is 6.92 Å². The second-order valence-corrected chi connectivity index (χ2v) is 8.70. The maximum Gasteiger partial charge on any atom is 0.349 e. The van der Waals surface area contributed by atoms with Gasteiger partial charge < -0.3 is 14.3 Å². The van der Waals surface area contributed by atoms with Crippen LogP contribution < -0.4 is 11.2 Å². The van der Waals surface area contributed by atoms with Crippen LogP contribution in [0, 0.1) is 13.8 Å². The van der Waals surface area contributed by atoms with Crippen LogP contribution in [0.2, 0.25) is 0 Å². The van der Waals surface area contributed by atoms with E-state index in [-0.39, 0.29) is 29.8 Å². The van der Waals surface area contributed by atoms with Gasteiger partial charge in [-0.15, -0.1) is 0 Å². The molecule has 2 aliphatic heterocycles. The summed E-state index contributed by atoms with van der Waals surface area (Å²) < 4.78 is 1.77. The van der Waals surface area contributed by atoms with Crippen LogP contribution in [0.4, 0.5) is 0 Å². The predicted molar refractivity (Wildman–Crippen MR) is 133 cm³/mol. The highest BCUT2D eigenvalue weighted by Crippen LogP contribution is 2.24. The van der Waals surface area contributed by atoms with Gasteiger partial charge in [0.05, 0.1) is 11.0 Å². The average Bonchev–Trinajstić information content (AvgIpc) is 2.82. The predicted octanol–water partition coefficient (Wildman–Crippen LogP) is 2.71. The van der Waals surface area contributed by atoms with Gasteiger partial charge in [0.1, 0.15) is 5.78 Å². The minimum absolute atomic E-state index is 0.0647. The van der Waals surface area contributed by atoms with Gasteiger partial charge in [0.25, 0.3) is 11.5 Å². The topological polar surface area (TPSA) is 118 Å². The molecule has 0 bridgehead atoms. The molecule has 9 heteroatoms. The average molecular weight is 474 g/mol. The number of amides is 1. The lowest BCUT2D eigenvalue weighted by Gasteiger charge is -2.25. The van der Waals surface area contributed by atoms with E-state index in [1.807, 2.05) is 32.0 Å². The van der Waals surface area contributed by atoms with E-state index in [1.54, 1.807) is 33.7 Å². The Morgan fingerprint density at radius 3 is 2.43 bits per heavy atom. The number of rotatable bonds is 8. The smallest absolute Gasteiger partial charge is 0.337 e. The van der Waals surface area contributed by atoms with Crippen molar-refractivity contribution in [3.63, 3.8) is 0 Å². The zero-order chi connectivity index (χ0) is 25.1. The Kier molecular flexibility index (Phi) is 6.86. The number of aromatic nitrogens is 4. The fraction of sp³-hybridized carbons (Fsp3) is 0.308. The number of hydrogen-bond acceptors (Lipinski definition) is 6. The molecular formula is C26H27N5O4. The second kappa shape index (κ2) is 10.0. The molecule has 2 aromatic carbocycles. The van der Waals surface area contributed by atoms with Crippen molar-refractivity contribution in [2.24, 2.45) is 0 Å². The number of aromatic amines is 1. The van der Waals surface area contributed by atoms with Crippen molar-refractivity contribution < 1.29 is 9.59 Å². The Bertz CT molecular complexity index is 1490. The van der Waals surface area contributed by atoms with Crippen molar-refractivity contribution in [3.05, 3.63) is 80.0 Å². The van der Waals surface area contributed by atoms with E-state index in [2.05, 4.69) is 15.0 Å². The van der Waals surface area contributed by atoms with E-state index in [4.69, 9.17) is 0 Å². The molecule has 0 fully saturated rings. The molecule has 9 nitrogen and oxygen atoms in total. The lowest BCUT2D eigenvalue weighted by Crippen LogP contribution is -2.36. The van der Waals surface area contributed by atoms with Gasteiger partial charge >= 0.3 is 5.69 Å². The number of ketones is 1. The van der Waals surface area contributed by atoms with Crippen LogP contribution in [0.3, 0.4) is 0 Å². The van der Waals surface area contributed by atoms with Gasteiger partial charge in [0, 0.05) is 31.6 Å². The molecule has 0 unspecified atom stereocenters. The van der Waals surface area contributed by atoms with Crippen LogP contribution >= 0.6 is 0 Å². The van der Waals surface area contributed by atoms with Crippen molar-refractivity contribution in [1.29, 1.82) is 0 Å². The molecule has 2 heterocycles. The Balaban J connectivity index is 1.76. The van der Waals surface area contributed by atoms with Crippen LogP contribution in [-0.2, 0) is 11.3 Å². The zero-order valence-corrected chi connectivity index (χ0v) is 20.0. The van der Waals surface area contributed by atoms with Crippen LogP contribution in [0.1, 0.15) is 41.3 Å². The Labute approximate surface area is 201 Å². The molecule has 0 saturated heterocycles. The van der Waals surface area contributed by atoms with Crippen molar-refractivity contribution in [3.8, 4) is 11.5 Å². The first kappa shape index (κ1) is 24.0. The summed E-state index contributed by atoms with van der Waals surface area (Å²) in [5.41, 5.74) is 2.63. The molecule has 2 aromatic rings. The van der Waals surface area contributed by atoms with Crippen molar-refractivity contribution >= 4 is 22.7 Å². The Morgan fingerprint density at radius 1 is 1.00 bits per heavy atom. The van der Waals surface area contributed by atoms with Crippen LogP contribution in [-0.4, -0.2) is 49.2 Å². The number of Topliss-reactive ketones (excluding diaryl/α,β-unsaturated/α-hetero) is 1. The fourth-order valence-corrected chi connectivity index (χ4v) is 4.09. The highest BCUT2D eigenvalue weighted by Gasteiger charge is 2.21. The number of hydrogen-bond donors (Lipinski definition) is 1. The van der Waals surface area contributed by atoms with E-state index in [9.17, 15) is 19.2 Å². The molecule has 0 radical (unpaired) electrons. The number of benzene rings is 2. The molecule has 35 heavy (non-hydrogen) atoms. The molecule has 4 rings (SSSR count). The highest BCUT2D eigenvalue weighted by molar-refractivity contribution is 5.94. The van der Waals surface area contributed by atoms with E-state index < -0.39 is 11.2 Å². The van der Waals surface area contributed by atoms with Gasteiger partial charge in [-0.25, -0.2) is 9.78 Å². The van der Waals surface area contributed by atoms with Crippen LogP contribution in [0.5, 0.6) is 0 Å². The lowest BCUT2D eigenvalue weighted by molar-refractivity contribution is -0.117. The van der Waals surface area contributed by atoms with Crippen LogP contribution in [0.25, 0.3) is 22.6 Å². The first-order valence-corrected chi connectivity index (χ1v) is 11.5. The fourth-order valence-electron chi connectivity index (χ4n) is 4.09. The third-order valence-electron chi connectivity index (χ3n) is 6.08. The highest BCUT2D eigenvalue weighted by atomic mass is 16.2. The Morgan fingerprint density at radius 2 is 1.71 bits per heavy atom. The van der Waals surface area contributed by atoms with Crippen LogP contribution in [0.15, 0.2) is 52.1 Å². The van der Waals surface area contributed by atoms with Gasteiger partial charge in [-0.2, -0.15) is 4.98 Å². The minimum Gasteiger partial charge on any atom is -0.337 e. The van der Waals surface area contributed by atoms with Gasteiger partial charge in [0.15, 0.2) is 11.5 Å². The van der Waals surface area contributed by atoms with Crippen molar-refractivity contribution in [1.82, 2.24) is 24.4 Å². The first-order valence-electron chi connectivity index (χ1n) is 11.5. The molecule has 2 aliphatic rings. The van der Waals surface area contributed by atoms with Crippen molar-refractivity contribution in [2.75, 3.05) is 13.1 Å². The summed E-state index contributed by atoms with van der Waals surface area (Å²) in [4.78, 5) is 61.7. The van der Waals surface area contributed by atoms with E-state index >= 15 is 0 Å². The summed E-state index contributed by atoms with van der Waals surface area (Å²) in [5, 5.41) is 0. The largest absolute Gasteiger partial charge is 0.349 e. The lowest BCUT2D eigenvalue weighted by atomic mass is 10.1. The molecular weight excluding hydrogens is 446 g/mol. The summed E-state index contributed by atoms with van der Waals surface area (Å²) in [7, 11) is 0. The number of carbonyl (C=O) groups excluding carboxylic acids is 2.